The van der Waals surface area contributed by atoms with Crippen molar-refractivity contribution >= 4 is 11.6 Å². The number of rotatable bonds is 6. The second-order valence-corrected chi connectivity index (χ2v) is 5.87. The highest BCUT2D eigenvalue weighted by Crippen LogP contribution is 2.21. The number of nitrogens with zero attached hydrogens (tertiary/aromatic N) is 1. The SMILES string of the molecule is COC1CCC(NC(=O)c2ccc(N(C)CCO)cc2)CC1. The second kappa shape index (κ2) is 8.15. The van der Waals surface area contributed by atoms with Gasteiger partial charge in [0, 0.05) is 38.0 Å². The number of methoxy groups -OCH3 is 1. The molecule has 2 rings (SSSR count). The maximum absolute atomic E-state index is 12.3. The number of carbonyl (C=O) groups is 1. The predicted molar refractivity (Wildman–Crippen MR) is 87.3 cm³/mol. The smallest absolute Gasteiger partial charge is 0.251 e. The highest BCUT2D eigenvalue weighted by atomic mass is 16.5. The molecule has 0 radical (unpaired) electrons. The lowest BCUT2D eigenvalue weighted by atomic mass is 9.93. The Balaban J connectivity index is 1.87. The molecule has 1 saturated carbocycles. The summed E-state index contributed by atoms with van der Waals surface area (Å²) in [5.41, 5.74) is 1.67. The number of carbonyl (C=O) groups excluding carboxylic acids is 1. The summed E-state index contributed by atoms with van der Waals surface area (Å²) >= 11 is 0. The van der Waals surface area contributed by atoms with Crippen LogP contribution in [0.5, 0.6) is 0 Å². The predicted octanol–water partition coefficient (Wildman–Crippen LogP) is 1.80. The summed E-state index contributed by atoms with van der Waals surface area (Å²) < 4.78 is 5.35. The molecule has 1 aliphatic carbocycles. The van der Waals surface area contributed by atoms with E-state index in [1.54, 1.807) is 7.11 Å². The standard InChI is InChI=1S/C17H26N2O3/c1-19(11-12-20)15-7-3-13(4-8-15)17(21)18-14-5-9-16(22-2)10-6-14/h3-4,7-8,14,16,20H,5-6,9-12H2,1-2H3,(H,18,21). The van der Waals surface area contributed by atoms with Gasteiger partial charge in [-0.3, -0.25) is 4.79 Å². The van der Waals surface area contributed by atoms with E-state index < -0.39 is 0 Å². The summed E-state index contributed by atoms with van der Waals surface area (Å²) in [6.07, 6.45) is 4.30. The quantitative estimate of drug-likeness (QED) is 0.841. The van der Waals surface area contributed by atoms with E-state index in [1.165, 1.54) is 0 Å². The van der Waals surface area contributed by atoms with Crippen LogP contribution in [0.1, 0.15) is 36.0 Å². The largest absolute Gasteiger partial charge is 0.395 e. The number of hydrogen-bond acceptors (Lipinski definition) is 4. The third-order valence-electron chi connectivity index (χ3n) is 4.35. The zero-order chi connectivity index (χ0) is 15.9. The van der Waals surface area contributed by atoms with E-state index in [-0.39, 0.29) is 18.6 Å². The van der Waals surface area contributed by atoms with Crippen LogP contribution in [-0.2, 0) is 4.74 Å². The van der Waals surface area contributed by atoms with Crippen LogP contribution in [0.3, 0.4) is 0 Å². The van der Waals surface area contributed by atoms with Crippen molar-refractivity contribution in [2.75, 3.05) is 32.2 Å². The first-order valence-corrected chi connectivity index (χ1v) is 7.89. The number of aliphatic hydroxyl groups is 1. The van der Waals surface area contributed by atoms with E-state index >= 15 is 0 Å². The molecule has 0 aromatic heterocycles. The van der Waals surface area contributed by atoms with Crippen LogP contribution in [0, 0.1) is 0 Å². The van der Waals surface area contributed by atoms with Gasteiger partial charge in [-0.25, -0.2) is 0 Å². The minimum atomic E-state index is -0.0165. The van der Waals surface area contributed by atoms with Gasteiger partial charge in [-0.2, -0.15) is 0 Å². The second-order valence-electron chi connectivity index (χ2n) is 5.87. The molecule has 0 spiro atoms. The highest BCUT2D eigenvalue weighted by molar-refractivity contribution is 5.94. The van der Waals surface area contributed by atoms with Crippen LogP contribution in [0.4, 0.5) is 5.69 Å². The van der Waals surface area contributed by atoms with Crippen molar-refractivity contribution in [3.8, 4) is 0 Å². The molecule has 22 heavy (non-hydrogen) atoms. The summed E-state index contributed by atoms with van der Waals surface area (Å²) in [6, 6.07) is 7.73. The normalized spacial score (nSPS) is 21.4. The zero-order valence-corrected chi connectivity index (χ0v) is 13.4. The maximum atomic E-state index is 12.3. The molecule has 2 N–H and O–H groups in total. The molecule has 1 aliphatic rings. The molecule has 0 bridgehead atoms. The third kappa shape index (κ3) is 4.45. The molecule has 5 heteroatoms. The van der Waals surface area contributed by atoms with Gasteiger partial charge in [-0.15, -0.1) is 0 Å². The molecule has 122 valence electrons. The van der Waals surface area contributed by atoms with Gasteiger partial charge in [0.2, 0.25) is 0 Å². The van der Waals surface area contributed by atoms with E-state index in [0.29, 0.717) is 18.2 Å². The Bertz CT molecular complexity index is 467. The first-order valence-electron chi connectivity index (χ1n) is 7.89. The summed E-state index contributed by atoms with van der Waals surface area (Å²) in [4.78, 5) is 14.2. The van der Waals surface area contributed by atoms with Crippen LogP contribution in [0.25, 0.3) is 0 Å². The molecule has 1 aromatic carbocycles. The number of ether oxygens (including phenoxy) is 1. The number of aliphatic hydroxyl groups excluding tert-OH is 1. The molecule has 1 aromatic rings. The van der Waals surface area contributed by atoms with Crippen molar-refractivity contribution in [2.24, 2.45) is 0 Å². The summed E-state index contributed by atoms with van der Waals surface area (Å²) in [5.74, 6) is -0.0165. The maximum Gasteiger partial charge on any atom is 0.251 e. The van der Waals surface area contributed by atoms with Crippen LogP contribution in [0.15, 0.2) is 24.3 Å². The molecule has 1 fully saturated rings. The lowest BCUT2D eigenvalue weighted by Crippen LogP contribution is -2.38. The van der Waals surface area contributed by atoms with Crippen LogP contribution in [-0.4, -0.2) is 50.5 Å². The fourth-order valence-electron chi connectivity index (χ4n) is 2.86. The number of nitrogens with one attached hydrogen (secondary N) is 1. The number of anilines is 1. The van der Waals surface area contributed by atoms with E-state index in [9.17, 15) is 4.79 Å². The first kappa shape index (κ1) is 16.8. The van der Waals surface area contributed by atoms with Crippen molar-refractivity contribution in [3.05, 3.63) is 29.8 Å². The topological polar surface area (TPSA) is 61.8 Å². The summed E-state index contributed by atoms with van der Waals surface area (Å²) in [7, 11) is 3.67. The van der Waals surface area contributed by atoms with Gasteiger partial charge in [0.1, 0.15) is 0 Å². The van der Waals surface area contributed by atoms with Crippen molar-refractivity contribution in [1.82, 2.24) is 5.32 Å². The van der Waals surface area contributed by atoms with Crippen molar-refractivity contribution in [2.45, 2.75) is 37.8 Å². The minimum Gasteiger partial charge on any atom is -0.395 e. The fraction of sp³-hybridized carbons (Fsp3) is 0.588. The van der Waals surface area contributed by atoms with Gasteiger partial charge in [-0.05, 0) is 49.9 Å². The Hall–Kier alpha value is -1.59. The first-order chi connectivity index (χ1) is 10.6. The fourth-order valence-corrected chi connectivity index (χ4v) is 2.86. The summed E-state index contributed by atoms with van der Waals surface area (Å²) in [6.45, 7) is 0.692. The van der Waals surface area contributed by atoms with Gasteiger partial charge < -0.3 is 20.1 Å². The van der Waals surface area contributed by atoms with Crippen LogP contribution >= 0.6 is 0 Å². The average Bonchev–Trinajstić information content (AvgIpc) is 2.56. The monoisotopic (exact) mass is 306 g/mol. The molecular weight excluding hydrogens is 280 g/mol. The van der Waals surface area contributed by atoms with E-state index in [4.69, 9.17) is 9.84 Å². The van der Waals surface area contributed by atoms with Crippen molar-refractivity contribution in [1.29, 1.82) is 0 Å². The number of likely N-dealkylation sites (N-methyl/N-ethyl adjacent to an activating group) is 1. The Morgan fingerprint density at radius 2 is 1.91 bits per heavy atom. The molecule has 5 nitrogen and oxygen atoms in total. The minimum absolute atomic E-state index is 0.0165. The molecule has 1 amide bonds. The molecule has 0 saturated heterocycles. The molecule has 0 aliphatic heterocycles. The van der Waals surface area contributed by atoms with E-state index in [2.05, 4.69) is 5.32 Å². The van der Waals surface area contributed by atoms with E-state index in [1.807, 2.05) is 36.2 Å². The van der Waals surface area contributed by atoms with Gasteiger partial charge >= 0.3 is 0 Å². The molecule has 0 atom stereocenters. The molecular formula is C17H26N2O3. The Morgan fingerprint density at radius 1 is 1.27 bits per heavy atom. The Kier molecular flexibility index (Phi) is 6.21. The number of benzene rings is 1. The van der Waals surface area contributed by atoms with Crippen molar-refractivity contribution < 1.29 is 14.6 Å². The number of amides is 1. The lowest BCUT2D eigenvalue weighted by molar-refractivity contribution is 0.0599. The lowest BCUT2D eigenvalue weighted by Gasteiger charge is -2.28. The van der Waals surface area contributed by atoms with Gasteiger partial charge in [0.05, 0.1) is 12.7 Å². The zero-order valence-electron chi connectivity index (χ0n) is 13.4. The number of hydrogen-bond donors (Lipinski definition) is 2. The highest BCUT2D eigenvalue weighted by Gasteiger charge is 2.22. The van der Waals surface area contributed by atoms with Gasteiger partial charge in [-0.1, -0.05) is 0 Å². The summed E-state index contributed by atoms with van der Waals surface area (Å²) in [5, 5.41) is 12.1. The Labute approximate surface area is 132 Å². The van der Waals surface area contributed by atoms with Crippen LogP contribution < -0.4 is 10.2 Å². The third-order valence-corrected chi connectivity index (χ3v) is 4.35. The average molecular weight is 306 g/mol. The van der Waals surface area contributed by atoms with Crippen LogP contribution in [0.2, 0.25) is 0 Å². The van der Waals surface area contributed by atoms with Crippen molar-refractivity contribution in [3.63, 3.8) is 0 Å². The van der Waals surface area contributed by atoms with E-state index in [0.717, 1.165) is 31.4 Å². The van der Waals surface area contributed by atoms with Gasteiger partial charge in [0.25, 0.3) is 5.91 Å². The van der Waals surface area contributed by atoms with Gasteiger partial charge in [0.15, 0.2) is 0 Å². The molecule has 0 heterocycles. The molecule has 0 unspecified atom stereocenters. The Morgan fingerprint density at radius 3 is 2.45 bits per heavy atom.